The van der Waals surface area contributed by atoms with Crippen molar-refractivity contribution in [1.29, 1.82) is 0 Å². The number of aliphatic hydroxyl groups excluding tert-OH is 2. The normalized spacial score (nSPS) is 22.6. The van der Waals surface area contributed by atoms with Crippen molar-refractivity contribution >= 4 is 52.1 Å². The number of primary amides is 1. The molecule has 0 radical (unpaired) electrons. The molecule has 0 heterocycles. The maximum absolute atomic E-state index is 15.2. The van der Waals surface area contributed by atoms with Crippen molar-refractivity contribution in [3.8, 4) is 5.75 Å². The second-order valence-electron chi connectivity index (χ2n) is 14.4. The minimum atomic E-state index is -2.86. The first kappa shape index (κ1) is 39.3. The van der Waals surface area contributed by atoms with Crippen LogP contribution in [0.1, 0.15) is 34.7 Å². The summed E-state index contributed by atoms with van der Waals surface area (Å²) in [6.45, 7) is 0.172. The molecule has 0 saturated heterocycles. The van der Waals surface area contributed by atoms with E-state index in [1.165, 1.54) is 19.0 Å². The number of hydrogen-bond donors (Lipinski definition) is 7. The van der Waals surface area contributed by atoms with Gasteiger partial charge in [-0.25, -0.2) is 8.78 Å². The van der Waals surface area contributed by atoms with E-state index in [9.17, 15) is 44.0 Å². The number of benzene rings is 3. The van der Waals surface area contributed by atoms with Crippen molar-refractivity contribution in [1.82, 2.24) is 10.2 Å². The van der Waals surface area contributed by atoms with E-state index in [2.05, 4.69) is 10.6 Å². The number of ketones is 2. The number of nitrogens with two attached hydrogens (primary N) is 1. The number of phenolic OH excluding ortho intramolecular Hbond substituents is 1. The van der Waals surface area contributed by atoms with E-state index in [1.807, 2.05) is 30.3 Å². The Balaban J connectivity index is 1.45. The van der Waals surface area contributed by atoms with Crippen LogP contribution in [0.15, 0.2) is 65.4 Å². The molecule has 0 bridgehead atoms. The molecule has 0 aromatic heterocycles. The number of rotatable bonds is 10. The second kappa shape index (κ2) is 14.7. The van der Waals surface area contributed by atoms with Crippen LogP contribution in [0, 0.1) is 23.5 Å². The van der Waals surface area contributed by atoms with Crippen LogP contribution in [0.2, 0.25) is 5.02 Å². The number of likely N-dealkylation sites (N-methyl/N-ethyl adjacent to an activating group) is 1. The number of aromatic hydroxyl groups is 1. The van der Waals surface area contributed by atoms with Crippen LogP contribution in [0.3, 0.4) is 0 Å². The molecule has 6 rings (SSSR count). The predicted molar refractivity (Wildman–Crippen MR) is 199 cm³/mol. The smallest absolute Gasteiger partial charge is 0.255 e. The zero-order valence-corrected chi connectivity index (χ0v) is 31.0. The van der Waals surface area contributed by atoms with Crippen molar-refractivity contribution in [2.75, 3.05) is 45.0 Å². The third-order valence-corrected chi connectivity index (χ3v) is 11.0. The number of carbonyl (C=O) groups excluding carboxylic acids is 4. The number of anilines is 2. The van der Waals surface area contributed by atoms with Crippen molar-refractivity contribution in [3.63, 3.8) is 0 Å². The van der Waals surface area contributed by atoms with Crippen LogP contribution in [0.5, 0.6) is 5.75 Å². The first-order valence-electron chi connectivity index (χ1n) is 17.3. The molecule has 4 unspecified atom stereocenters. The maximum atomic E-state index is 15.2. The highest BCUT2D eigenvalue weighted by molar-refractivity contribution is 6.37. The highest BCUT2D eigenvalue weighted by atomic mass is 35.5. The van der Waals surface area contributed by atoms with Gasteiger partial charge >= 0.3 is 0 Å². The minimum Gasteiger partial charge on any atom is -0.508 e. The molecule has 290 valence electrons. The van der Waals surface area contributed by atoms with Gasteiger partial charge in [0, 0.05) is 43.8 Å². The van der Waals surface area contributed by atoms with Crippen LogP contribution < -0.4 is 21.3 Å². The molecule has 0 aliphatic heterocycles. The quantitative estimate of drug-likeness (QED) is 0.117. The molecule has 55 heavy (non-hydrogen) atoms. The number of amides is 2. The summed E-state index contributed by atoms with van der Waals surface area (Å²) in [6, 6.07) is 9.29. The van der Waals surface area contributed by atoms with Crippen molar-refractivity contribution in [2.24, 2.45) is 17.6 Å². The van der Waals surface area contributed by atoms with Crippen LogP contribution >= 0.6 is 11.6 Å². The SMILES string of the molecule is CN(C)c1c(Cl)c(NC(=O)C(NCCc2ccccc2)c2ccc(F)cc2F)c(O)c2c1CC1CC3[C@H](N(C)C)C(=O)C(C(N)=O)=C(O)C3(O)C(=O)C1=C2O. The first-order chi connectivity index (χ1) is 25.9. The number of fused-ring (bicyclic) bond motifs is 3. The summed E-state index contributed by atoms with van der Waals surface area (Å²) in [5.41, 5.74) is 1.69. The van der Waals surface area contributed by atoms with Gasteiger partial charge in [-0.15, -0.1) is 0 Å². The Bertz CT molecular complexity index is 2190. The number of carbonyl (C=O) groups is 4. The summed E-state index contributed by atoms with van der Waals surface area (Å²) in [6.07, 6.45) is 0.227. The van der Waals surface area contributed by atoms with Crippen LogP contribution in [-0.4, -0.2) is 95.1 Å². The summed E-state index contributed by atoms with van der Waals surface area (Å²) in [5, 5.41) is 52.2. The van der Waals surface area contributed by atoms with E-state index in [0.29, 0.717) is 12.5 Å². The lowest BCUT2D eigenvalue weighted by Crippen LogP contribution is -2.65. The highest BCUT2D eigenvalue weighted by Gasteiger charge is 2.64. The number of nitrogens with one attached hydrogen (secondary N) is 2. The number of nitrogens with zero attached hydrogens (tertiary/aromatic N) is 2. The Labute approximate surface area is 319 Å². The average Bonchev–Trinajstić information content (AvgIpc) is 3.10. The Morgan fingerprint density at radius 1 is 1.05 bits per heavy atom. The molecule has 13 nitrogen and oxygen atoms in total. The van der Waals surface area contributed by atoms with Gasteiger partial charge in [0.2, 0.25) is 11.7 Å². The molecule has 3 aliphatic carbocycles. The van der Waals surface area contributed by atoms with E-state index in [0.717, 1.165) is 17.7 Å². The van der Waals surface area contributed by atoms with Gasteiger partial charge in [-0.1, -0.05) is 48.0 Å². The minimum absolute atomic E-state index is 0.0615. The van der Waals surface area contributed by atoms with E-state index in [1.54, 1.807) is 19.0 Å². The monoisotopic (exact) mass is 779 g/mol. The molecular weight excluding hydrogens is 740 g/mol. The number of phenols is 1. The zero-order chi connectivity index (χ0) is 40.3. The number of halogens is 3. The van der Waals surface area contributed by atoms with Gasteiger partial charge in [-0.2, -0.15) is 0 Å². The van der Waals surface area contributed by atoms with E-state index in [-0.39, 0.29) is 46.8 Å². The van der Waals surface area contributed by atoms with Gasteiger partial charge in [0.05, 0.1) is 22.3 Å². The van der Waals surface area contributed by atoms with Gasteiger partial charge in [-0.05, 0) is 56.5 Å². The van der Waals surface area contributed by atoms with E-state index >= 15 is 4.39 Å². The molecule has 1 fully saturated rings. The summed E-state index contributed by atoms with van der Waals surface area (Å²) in [7, 11) is 6.23. The molecular formula is C39H40ClF2N5O8. The van der Waals surface area contributed by atoms with Crippen LogP contribution in [-0.2, 0) is 32.0 Å². The lowest BCUT2D eigenvalue weighted by Gasteiger charge is -2.50. The zero-order valence-electron chi connectivity index (χ0n) is 30.3. The van der Waals surface area contributed by atoms with Crippen molar-refractivity contribution in [2.45, 2.75) is 36.9 Å². The number of hydrogen-bond acceptors (Lipinski definition) is 11. The van der Waals surface area contributed by atoms with Crippen LogP contribution in [0.4, 0.5) is 20.2 Å². The largest absolute Gasteiger partial charge is 0.508 e. The molecule has 8 N–H and O–H groups in total. The van der Waals surface area contributed by atoms with Gasteiger partial charge in [0.25, 0.3) is 5.91 Å². The number of aliphatic hydroxyl groups is 3. The fraction of sp³-hybridized carbons (Fsp3) is 0.333. The van der Waals surface area contributed by atoms with Gasteiger partial charge < -0.3 is 41.7 Å². The summed E-state index contributed by atoms with van der Waals surface area (Å²) in [5.74, 6) is -11.2. The Kier molecular flexibility index (Phi) is 10.5. The second-order valence-corrected chi connectivity index (χ2v) is 14.8. The fourth-order valence-corrected chi connectivity index (χ4v) is 8.61. The van der Waals surface area contributed by atoms with Crippen molar-refractivity contribution in [3.05, 3.63) is 104 Å². The maximum Gasteiger partial charge on any atom is 0.255 e. The lowest BCUT2D eigenvalue weighted by atomic mass is 9.57. The average molecular weight is 780 g/mol. The fourth-order valence-electron chi connectivity index (χ4n) is 8.19. The Morgan fingerprint density at radius 2 is 1.73 bits per heavy atom. The molecule has 16 heteroatoms. The topological polar surface area (TPSA) is 206 Å². The molecule has 3 aromatic carbocycles. The summed E-state index contributed by atoms with van der Waals surface area (Å²) >= 11 is 6.91. The van der Waals surface area contributed by atoms with Gasteiger partial charge in [0.15, 0.2) is 17.1 Å². The van der Waals surface area contributed by atoms with Gasteiger partial charge in [0.1, 0.15) is 40.5 Å². The Hall–Kier alpha value is -5.35. The first-order valence-corrected chi connectivity index (χ1v) is 17.7. The third kappa shape index (κ3) is 6.50. The molecule has 0 spiro atoms. The third-order valence-electron chi connectivity index (χ3n) is 10.6. The van der Waals surface area contributed by atoms with Gasteiger partial charge in [-0.3, -0.25) is 24.1 Å². The highest BCUT2D eigenvalue weighted by Crippen LogP contribution is 2.56. The Morgan fingerprint density at radius 3 is 2.33 bits per heavy atom. The lowest BCUT2D eigenvalue weighted by molar-refractivity contribution is -0.153. The van der Waals surface area contributed by atoms with E-state index in [4.69, 9.17) is 17.3 Å². The van der Waals surface area contributed by atoms with Crippen molar-refractivity contribution < 1.29 is 48.4 Å². The predicted octanol–water partition coefficient (Wildman–Crippen LogP) is 3.47. The molecule has 3 aliphatic rings. The molecule has 5 atom stereocenters. The molecule has 2 amide bonds. The summed E-state index contributed by atoms with van der Waals surface area (Å²) in [4.78, 5) is 57.1. The van der Waals surface area contributed by atoms with E-state index < -0.39 is 98.6 Å². The molecule has 3 aromatic rings. The molecule has 1 saturated carbocycles. The summed E-state index contributed by atoms with van der Waals surface area (Å²) < 4.78 is 29.1. The standard InChI is InChI=1S/C39H40ClF2N5O8/c1-46(2)30-21-14-18-15-22-31(47(3)4)34(50)26(37(43)53)36(52)39(22,55)35(51)24(18)32(48)25(21)33(49)29(27(30)40)45-38(54)28(20-11-10-19(41)16-23(20)42)44-13-12-17-8-6-5-7-9-17/h5-11,16,18,22,28,31,44,48-49,52,55H,12-15H2,1-4H3,(H2,43,53)(H,45,54)/t18?,22?,28?,31-,39?/m0/s1. The van der Waals surface area contributed by atoms with Crippen LogP contribution in [0.25, 0.3) is 5.76 Å². The number of Topliss-reactive ketones (excluding diaryl/α,β-unsaturated/α-hetero) is 2.